The molecule has 0 bridgehead atoms. The summed E-state index contributed by atoms with van der Waals surface area (Å²) in [7, 11) is 4.81. The number of rotatable bonds is 8. The van der Waals surface area contributed by atoms with Crippen LogP contribution in [0, 0.1) is 0 Å². The van der Waals surface area contributed by atoms with Crippen molar-refractivity contribution in [2.75, 3.05) is 32.0 Å². The van der Waals surface area contributed by atoms with Gasteiger partial charge in [0.1, 0.15) is 5.75 Å². The summed E-state index contributed by atoms with van der Waals surface area (Å²) < 4.78 is 16.1. The minimum Gasteiger partial charge on any atom is -0.495 e. The van der Waals surface area contributed by atoms with Crippen molar-refractivity contribution in [3.05, 3.63) is 77.9 Å². The highest BCUT2D eigenvalue weighted by atomic mass is 16.5. The van der Waals surface area contributed by atoms with Crippen molar-refractivity contribution in [1.29, 1.82) is 0 Å². The summed E-state index contributed by atoms with van der Waals surface area (Å²) in [6.07, 6.45) is 0. The molecule has 150 valence electrons. The number of nitrogens with one attached hydrogen (secondary N) is 2. The first kappa shape index (κ1) is 20.1. The van der Waals surface area contributed by atoms with E-state index >= 15 is 0 Å². The number of hydrogen-bond acceptors (Lipinski definition) is 5. The lowest BCUT2D eigenvalue weighted by Gasteiger charge is -2.14. The minimum absolute atomic E-state index is 0.187. The maximum absolute atomic E-state index is 12.6. The zero-order valence-electron chi connectivity index (χ0n) is 16.7. The van der Waals surface area contributed by atoms with Crippen LogP contribution < -0.4 is 24.8 Å². The number of amides is 1. The molecule has 0 radical (unpaired) electrons. The molecule has 6 nitrogen and oxygen atoms in total. The number of carbonyl (C=O) groups excluding carboxylic acids is 1. The van der Waals surface area contributed by atoms with Crippen molar-refractivity contribution in [2.45, 2.75) is 6.54 Å². The Hall–Kier alpha value is -3.67. The fourth-order valence-corrected chi connectivity index (χ4v) is 2.90. The van der Waals surface area contributed by atoms with E-state index in [2.05, 4.69) is 10.6 Å². The molecule has 0 fully saturated rings. The van der Waals surface area contributed by atoms with Gasteiger partial charge < -0.3 is 24.8 Å². The van der Waals surface area contributed by atoms with Gasteiger partial charge in [-0.05, 0) is 48.0 Å². The van der Waals surface area contributed by atoms with E-state index in [9.17, 15) is 4.79 Å². The Kier molecular flexibility index (Phi) is 6.58. The fourth-order valence-electron chi connectivity index (χ4n) is 2.90. The lowest BCUT2D eigenvalue weighted by Crippen LogP contribution is -2.12. The van der Waals surface area contributed by atoms with Gasteiger partial charge in [-0.1, -0.05) is 24.3 Å². The molecule has 29 heavy (non-hydrogen) atoms. The van der Waals surface area contributed by atoms with Crippen molar-refractivity contribution in [3.8, 4) is 17.2 Å². The van der Waals surface area contributed by atoms with Crippen LogP contribution >= 0.6 is 0 Å². The lowest BCUT2D eigenvalue weighted by molar-refractivity contribution is 0.102. The van der Waals surface area contributed by atoms with Gasteiger partial charge >= 0.3 is 0 Å². The first-order valence-electron chi connectivity index (χ1n) is 9.14. The summed E-state index contributed by atoms with van der Waals surface area (Å²) in [5.74, 6) is 1.80. The number of ether oxygens (including phenoxy) is 3. The number of anilines is 2. The van der Waals surface area contributed by atoms with Crippen LogP contribution in [0.25, 0.3) is 0 Å². The predicted octanol–water partition coefficient (Wildman–Crippen LogP) is 4.58. The Labute approximate surface area is 170 Å². The summed E-state index contributed by atoms with van der Waals surface area (Å²) in [5, 5.41) is 6.21. The zero-order valence-corrected chi connectivity index (χ0v) is 16.7. The number of carbonyl (C=O) groups is 1. The maximum atomic E-state index is 12.6. The van der Waals surface area contributed by atoms with Crippen LogP contribution in [0.1, 0.15) is 15.9 Å². The molecule has 1 amide bonds. The molecule has 0 aliphatic rings. The van der Waals surface area contributed by atoms with Crippen LogP contribution in [0.4, 0.5) is 11.4 Å². The van der Waals surface area contributed by atoms with E-state index in [1.54, 1.807) is 39.5 Å². The molecule has 3 aromatic carbocycles. The average molecular weight is 392 g/mol. The van der Waals surface area contributed by atoms with Crippen LogP contribution in [0.15, 0.2) is 66.7 Å². The largest absolute Gasteiger partial charge is 0.495 e. The van der Waals surface area contributed by atoms with E-state index in [0.717, 1.165) is 16.9 Å². The van der Waals surface area contributed by atoms with E-state index < -0.39 is 0 Å². The van der Waals surface area contributed by atoms with Crippen LogP contribution in [0.3, 0.4) is 0 Å². The molecular formula is C23H24N2O4. The summed E-state index contributed by atoms with van der Waals surface area (Å²) in [4.78, 5) is 12.6. The summed E-state index contributed by atoms with van der Waals surface area (Å²) >= 11 is 0. The number of hydrogen-bond donors (Lipinski definition) is 2. The second-order valence-corrected chi connectivity index (χ2v) is 6.28. The van der Waals surface area contributed by atoms with Crippen molar-refractivity contribution in [3.63, 3.8) is 0 Å². The number of para-hydroxylation sites is 1. The van der Waals surface area contributed by atoms with Gasteiger partial charge in [-0.25, -0.2) is 0 Å². The molecular weight excluding hydrogens is 368 g/mol. The Morgan fingerprint density at radius 1 is 0.793 bits per heavy atom. The van der Waals surface area contributed by atoms with Crippen molar-refractivity contribution < 1.29 is 19.0 Å². The standard InChI is InChI=1S/C23H24N2O4/c1-27-20-12-10-17(23(26)25-18-7-5-4-6-8-18)14-19(20)24-15-16-9-11-21(28-2)22(13-16)29-3/h4-14,24H,15H2,1-3H3,(H,25,26). The van der Waals surface area contributed by atoms with Gasteiger partial charge in [0, 0.05) is 17.8 Å². The summed E-state index contributed by atoms with van der Waals surface area (Å²) in [5.41, 5.74) is 3.00. The van der Waals surface area contributed by atoms with Crippen LogP contribution in [0.2, 0.25) is 0 Å². The van der Waals surface area contributed by atoms with Gasteiger partial charge in [0.2, 0.25) is 0 Å². The van der Waals surface area contributed by atoms with E-state index in [-0.39, 0.29) is 5.91 Å². The SMILES string of the molecule is COc1ccc(C(=O)Nc2ccccc2)cc1NCc1ccc(OC)c(OC)c1. The third-order valence-electron chi connectivity index (χ3n) is 4.42. The molecule has 6 heteroatoms. The predicted molar refractivity (Wildman–Crippen MR) is 114 cm³/mol. The first-order chi connectivity index (χ1) is 14.1. The molecule has 2 N–H and O–H groups in total. The smallest absolute Gasteiger partial charge is 0.255 e. The van der Waals surface area contributed by atoms with E-state index in [1.807, 2.05) is 48.5 Å². The maximum Gasteiger partial charge on any atom is 0.255 e. The van der Waals surface area contributed by atoms with Gasteiger partial charge in [-0.15, -0.1) is 0 Å². The molecule has 3 rings (SSSR count). The topological polar surface area (TPSA) is 68.8 Å². The van der Waals surface area contributed by atoms with Gasteiger partial charge in [0.15, 0.2) is 11.5 Å². The van der Waals surface area contributed by atoms with E-state index in [1.165, 1.54) is 0 Å². The Balaban J connectivity index is 1.76. The number of methoxy groups -OCH3 is 3. The molecule has 0 heterocycles. The molecule has 0 saturated carbocycles. The minimum atomic E-state index is -0.187. The molecule has 0 saturated heterocycles. The third-order valence-corrected chi connectivity index (χ3v) is 4.42. The molecule has 0 aliphatic carbocycles. The fraction of sp³-hybridized carbons (Fsp3) is 0.174. The van der Waals surface area contributed by atoms with Crippen LogP contribution in [0.5, 0.6) is 17.2 Å². The van der Waals surface area contributed by atoms with Gasteiger partial charge in [0.25, 0.3) is 5.91 Å². The van der Waals surface area contributed by atoms with Crippen molar-refractivity contribution >= 4 is 17.3 Å². The highest BCUT2D eigenvalue weighted by Crippen LogP contribution is 2.30. The molecule has 3 aromatic rings. The second kappa shape index (κ2) is 9.50. The molecule has 0 atom stereocenters. The zero-order chi connectivity index (χ0) is 20.6. The average Bonchev–Trinajstić information content (AvgIpc) is 2.77. The molecule has 0 aromatic heterocycles. The Morgan fingerprint density at radius 2 is 1.48 bits per heavy atom. The summed E-state index contributed by atoms with van der Waals surface area (Å²) in [6, 6.07) is 20.3. The monoisotopic (exact) mass is 392 g/mol. The third kappa shape index (κ3) is 4.99. The van der Waals surface area contributed by atoms with Gasteiger partial charge in [-0.2, -0.15) is 0 Å². The normalized spacial score (nSPS) is 10.2. The molecule has 0 spiro atoms. The van der Waals surface area contributed by atoms with Crippen LogP contribution in [-0.4, -0.2) is 27.2 Å². The van der Waals surface area contributed by atoms with Gasteiger partial charge in [-0.3, -0.25) is 4.79 Å². The molecule has 0 unspecified atom stereocenters. The van der Waals surface area contributed by atoms with Crippen LogP contribution in [-0.2, 0) is 6.54 Å². The Morgan fingerprint density at radius 3 is 2.17 bits per heavy atom. The van der Waals surface area contributed by atoms with Crippen molar-refractivity contribution in [2.24, 2.45) is 0 Å². The molecule has 0 aliphatic heterocycles. The van der Waals surface area contributed by atoms with Crippen molar-refractivity contribution in [1.82, 2.24) is 0 Å². The number of benzene rings is 3. The lowest BCUT2D eigenvalue weighted by atomic mass is 10.1. The highest BCUT2D eigenvalue weighted by Gasteiger charge is 2.11. The second-order valence-electron chi connectivity index (χ2n) is 6.28. The first-order valence-corrected chi connectivity index (χ1v) is 9.14. The van der Waals surface area contributed by atoms with Gasteiger partial charge in [0.05, 0.1) is 27.0 Å². The quantitative estimate of drug-likeness (QED) is 0.587. The van der Waals surface area contributed by atoms with E-state index in [4.69, 9.17) is 14.2 Å². The van der Waals surface area contributed by atoms with E-state index in [0.29, 0.717) is 29.4 Å². The highest BCUT2D eigenvalue weighted by molar-refractivity contribution is 6.05. The Bertz CT molecular complexity index is 974. The summed E-state index contributed by atoms with van der Waals surface area (Å²) in [6.45, 7) is 0.528.